The Morgan fingerprint density at radius 2 is 2.22 bits per heavy atom. The summed E-state index contributed by atoms with van der Waals surface area (Å²) in [6.45, 7) is 0.412. The van der Waals surface area contributed by atoms with Gasteiger partial charge in [-0.3, -0.25) is 10.1 Å². The van der Waals surface area contributed by atoms with Crippen molar-refractivity contribution >= 4 is 0 Å². The summed E-state index contributed by atoms with van der Waals surface area (Å²) in [6, 6.07) is 0. The molecule has 0 radical (unpaired) electrons. The average molecular weight is 134 g/mol. The first-order valence-corrected chi connectivity index (χ1v) is 2.76. The van der Waals surface area contributed by atoms with Gasteiger partial charge < -0.3 is 5.21 Å². The molecule has 0 bridgehead atoms. The fourth-order valence-electron chi connectivity index (χ4n) is 0.445. The second kappa shape index (κ2) is 5.46. The molecule has 5 heteroatoms. The highest BCUT2D eigenvalue weighted by molar-refractivity contribution is 4.37. The lowest BCUT2D eigenvalue weighted by Gasteiger charge is -1.92. The maximum absolute atomic E-state index is 9.69. The Labute approximate surface area is 52.8 Å². The number of nitrogens with zero attached hydrogens (tertiary/aromatic N) is 1. The number of hydroxylamine groups is 1. The summed E-state index contributed by atoms with van der Waals surface area (Å²) in [5.41, 5.74) is 1.92. The number of hydrogen-bond acceptors (Lipinski definition) is 4. The van der Waals surface area contributed by atoms with E-state index in [2.05, 4.69) is 0 Å². The van der Waals surface area contributed by atoms with Gasteiger partial charge in [0, 0.05) is 17.9 Å². The van der Waals surface area contributed by atoms with E-state index in [9.17, 15) is 10.1 Å². The minimum atomic E-state index is -0.364. The van der Waals surface area contributed by atoms with Crippen molar-refractivity contribution in [3.63, 3.8) is 0 Å². The van der Waals surface area contributed by atoms with Crippen molar-refractivity contribution in [2.45, 2.75) is 12.8 Å². The minimum Gasteiger partial charge on any atom is -0.317 e. The normalized spacial score (nSPS) is 9.44. The molecule has 0 amide bonds. The van der Waals surface area contributed by atoms with E-state index in [1.165, 1.54) is 0 Å². The molecule has 0 saturated heterocycles. The third-order valence-corrected chi connectivity index (χ3v) is 0.879. The Kier molecular flexibility index (Phi) is 5.04. The molecule has 0 aromatic carbocycles. The first-order valence-electron chi connectivity index (χ1n) is 2.76. The second-order valence-corrected chi connectivity index (χ2v) is 1.67. The molecule has 0 unspecified atom stereocenters. The molecule has 0 atom stereocenters. The van der Waals surface area contributed by atoms with E-state index in [0.717, 1.165) is 0 Å². The van der Waals surface area contributed by atoms with Crippen molar-refractivity contribution in [2.75, 3.05) is 13.1 Å². The number of hydrogen-bond donors (Lipinski definition) is 2. The van der Waals surface area contributed by atoms with Gasteiger partial charge in [-0.2, -0.15) is 0 Å². The van der Waals surface area contributed by atoms with Crippen molar-refractivity contribution < 1.29 is 10.1 Å². The molecule has 0 aliphatic rings. The second-order valence-electron chi connectivity index (χ2n) is 1.67. The van der Waals surface area contributed by atoms with E-state index >= 15 is 0 Å². The van der Waals surface area contributed by atoms with Crippen LogP contribution >= 0.6 is 0 Å². The van der Waals surface area contributed by atoms with E-state index in [4.69, 9.17) is 5.21 Å². The summed E-state index contributed by atoms with van der Waals surface area (Å²) >= 11 is 0. The molecule has 0 heterocycles. The van der Waals surface area contributed by atoms with Crippen molar-refractivity contribution in [1.29, 1.82) is 0 Å². The Morgan fingerprint density at radius 1 is 1.56 bits per heavy atom. The van der Waals surface area contributed by atoms with Crippen LogP contribution in [-0.4, -0.2) is 23.2 Å². The van der Waals surface area contributed by atoms with Gasteiger partial charge in [0.1, 0.15) is 0 Å². The molecule has 2 N–H and O–H groups in total. The van der Waals surface area contributed by atoms with Crippen LogP contribution in [0.5, 0.6) is 0 Å². The van der Waals surface area contributed by atoms with E-state index in [1.807, 2.05) is 5.48 Å². The Morgan fingerprint density at radius 3 is 2.67 bits per heavy atom. The molecule has 0 aliphatic carbocycles. The van der Waals surface area contributed by atoms with E-state index in [0.29, 0.717) is 19.4 Å². The fourth-order valence-corrected chi connectivity index (χ4v) is 0.445. The molecule has 54 valence electrons. The van der Waals surface area contributed by atoms with E-state index in [1.54, 1.807) is 0 Å². The van der Waals surface area contributed by atoms with Gasteiger partial charge >= 0.3 is 0 Å². The Balaban J connectivity index is 2.83. The van der Waals surface area contributed by atoms with Crippen LogP contribution in [0.15, 0.2) is 0 Å². The standard InChI is InChI=1S/C4H10N2O3/c7-5-3-1-2-4-6(8)9/h5,7H,1-4H2. The van der Waals surface area contributed by atoms with Crippen molar-refractivity contribution in [3.8, 4) is 0 Å². The van der Waals surface area contributed by atoms with Crippen LogP contribution in [0.25, 0.3) is 0 Å². The van der Waals surface area contributed by atoms with Gasteiger partial charge in [0.2, 0.25) is 6.54 Å². The summed E-state index contributed by atoms with van der Waals surface area (Å²) in [7, 11) is 0. The largest absolute Gasteiger partial charge is 0.317 e. The molecule has 0 spiro atoms. The first kappa shape index (κ1) is 8.32. The van der Waals surface area contributed by atoms with Crippen LogP contribution < -0.4 is 5.48 Å². The van der Waals surface area contributed by atoms with Crippen LogP contribution in [0.4, 0.5) is 0 Å². The third kappa shape index (κ3) is 7.32. The number of rotatable bonds is 5. The van der Waals surface area contributed by atoms with Crippen LogP contribution in [0.2, 0.25) is 0 Å². The molecule has 9 heavy (non-hydrogen) atoms. The van der Waals surface area contributed by atoms with E-state index < -0.39 is 0 Å². The maximum atomic E-state index is 9.69. The molecule has 0 rings (SSSR count). The molecule has 0 aliphatic heterocycles. The minimum absolute atomic E-state index is 0.0122. The highest BCUT2D eigenvalue weighted by Crippen LogP contribution is 1.85. The zero-order valence-electron chi connectivity index (χ0n) is 5.04. The third-order valence-electron chi connectivity index (χ3n) is 0.879. The Bertz CT molecular complexity index is 85.9. The zero-order valence-corrected chi connectivity index (χ0v) is 5.04. The maximum Gasteiger partial charge on any atom is 0.203 e. The van der Waals surface area contributed by atoms with Crippen molar-refractivity contribution in [2.24, 2.45) is 0 Å². The van der Waals surface area contributed by atoms with Gasteiger partial charge in [0.25, 0.3) is 0 Å². The highest BCUT2D eigenvalue weighted by Gasteiger charge is 1.94. The molecule has 0 aromatic rings. The molecule has 0 saturated carbocycles. The predicted molar refractivity (Wildman–Crippen MR) is 30.9 cm³/mol. The van der Waals surface area contributed by atoms with Gasteiger partial charge in [-0.15, -0.1) is 0 Å². The van der Waals surface area contributed by atoms with Crippen molar-refractivity contribution in [1.82, 2.24) is 5.48 Å². The predicted octanol–water partition coefficient (Wildman–Crippen LogP) is 0.0221. The summed E-state index contributed by atoms with van der Waals surface area (Å²) < 4.78 is 0. The molecule has 5 nitrogen and oxygen atoms in total. The Hall–Kier alpha value is -0.680. The van der Waals surface area contributed by atoms with Gasteiger partial charge in [0.05, 0.1) is 0 Å². The summed E-state index contributed by atoms with van der Waals surface area (Å²) in [6.07, 6.45) is 1.15. The topological polar surface area (TPSA) is 75.4 Å². The highest BCUT2D eigenvalue weighted by atomic mass is 16.6. The van der Waals surface area contributed by atoms with Gasteiger partial charge in [-0.1, -0.05) is 0 Å². The molecule has 0 aromatic heterocycles. The monoisotopic (exact) mass is 134 g/mol. The SMILES string of the molecule is O=[N+]([O-])CCCCNO. The quantitative estimate of drug-likeness (QED) is 0.316. The van der Waals surface area contributed by atoms with E-state index in [-0.39, 0.29) is 11.5 Å². The number of nitro groups is 1. The number of unbranched alkanes of at least 4 members (excludes halogenated alkanes) is 1. The van der Waals surface area contributed by atoms with Crippen LogP contribution in [0, 0.1) is 10.1 Å². The van der Waals surface area contributed by atoms with Crippen LogP contribution in [0.1, 0.15) is 12.8 Å². The smallest absolute Gasteiger partial charge is 0.203 e. The first-order chi connectivity index (χ1) is 4.27. The average Bonchev–Trinajstić information content (AvgIpc) is 1.80. The molecular formula is C4H10N2O3. The van der Waals surface area contributed by atoms with Gasteiger partial charge in [0.15, 0.2) is 0 Å². The lowest BCUT2D eigenvalue weighted by molar-refractivity contribution is -0.480. The van der Waals surface area contributed by atoms with Crippen LogP contribution in [-0.2, 0) is 0 Å². The van der Waals surface area contributed by atoms with Crippen molar-refractivity contribution in [3.05, 3.63) is 10.1 Å². The summed E-state index contributed by atoms with van der Waals surface area (Å²) in [5, 5.41) is 17.7. The lowest BCUT2D eigenvalue weighted by Crippen LogP contribution is -2.10. The molecular weight excluding hydrogens is 124 g/mol. The summed E-state index contributed by atoms with van der Waals surface area (Å²) in [4.78, 5) is 9.32. The fraction of sp³-hybridized carbons (Fsp3) is 1.00. The van der Waals surface area contributed by atoms with Gasteiger partial charge in [-0.05, 0) is 6.42 Å². The number of nitrogens with one attached hydrogen (secondary N) is 1. The summed E-state index contributed by atoms with van der Waals surface area (Å²) in [5.74, 6) is 0. The molecule has 0 fully saturated rings. The van der Waals surface area contributed by atoms with Crippen LogP contribution in [0.3, 0.4) is 0 Å². The zero-order chi connectivity index (χ0) is 7.11. The van der Waals surface area contributed by atoms with Gasteiger partial charge in [-0.25, -0.2) is 5.48 Å². The lowest BCUT2D eigenvalue weighted by atomic mass is 10.3.